The fraction of sp³-hybridized carbons (Fsp3) is 0. The van der Waals surface area contributed by atoms with Crippen LogP contribution in [-0.2, 0) is 0 Å². The third-order valence-corrected chi connectivity index (χ3v) is 9.65. The van der Waals surface area contributed by atoms with Gasteiger partial charge in [-0.15, -0.1) is 0 Å². The molecule has 0 saturated carbocycles. The summed E-state index contributed by atoms with van der Waals surface area (Å²) in [6.45, 7) is 0. The SMILES string of the molecule is c1ccc(-c2ccc(-c3nc(-c4ccc(-c5ccccc5)cc4)nc(-c4cccc(-c5ccc(-c6ccccc6)cn5)c4-c4ccccc4)n3)cc2)cc1. The summed E-state index contributed by atoms with van der Waals surface area (Å²) in [5.74, 6) is 1.81. The van der Waals surface area contributed by atoms with E-state index < -0.39 is 0 Å². The van der Waals surface area contributed by atoms with Crippen molar-refractivity contribution in [2.75, 3.05) is 0 Å². The summed E-state index contributed by atoms with van der Waals surface area (Å²) in [6.07, 6.45) is 1.95. The lowest BCUT2D eigenvalue weighted by Gasteiger charge is -2.16. The molecule has 254 valence electrons. The predicted octanol–water partition coefficient (Wildman–Crippen LogP) is 12.6. The lowest BCUT2D eigenvalue weighted by atomic mass is 9.91. The zero-order valence-corrected chi connectivity index (χ0v) is 29.4. The normalized spacial score (nSPS) is 11.0. The second-order valence-electron chi connectivity index (χ2n) is 13.1. The number of benzene rings is 7. The van der Waals surface area contributed by atoms with Gasteiger partial charge in [-0.25, -0.2) is 15.0 Å². The molecule has 0 radical (unpaired) electrons. The molecule has 0 N–H and O–H groups in total. The van der Waals surface area contributed by atoms with Crippen molar-refractivity contribution in [1.29, 1.82) is 0 Å². The molecule has 0 aliphatic heterocycles. The Labute approximate surface area is 315 Å². The molecular formula is C50H34N4. The molecule has 2 aromatic heterocycles. The molecule has 4 nitrogen and oxygen atoms in total. The number of hydrogen-bond acceptors (Lipinski definition) is 4. The summed E-state index contributed by atoms with van der Waals surface area (Å²) in [5, 5.41) is 0. The van der Waals surface area contributed by atoms with E-state index in [1.165, 1.54) is 0 Å². The quantitative estimate of drug-likeness (QED) is 0.159. The van der Waals surface area contributed by atoms with Gasteiger partial charge in [0.25, 0.3) is 0 Å². The van der Waals surface area contributed by atoms with Gasteiger partial charge in [-0.05, 0) is 39.4 Å². The molecule has 7 aromatic carbocycles. The van der Waals surface area contributed by atoms with Gasteiger partial charge in [0.1, 0.15) is 0 Å². The molecule has 0 aliphatic rings. The smallest absolute Gasteiger partial charge is 0.164 e. The minimum Gasteiger partial charge on any atom is -0.256 e. The van der Waals surface area contributed by atoms with Crippen molar-refractivity contribution >= 4 is 0 Å². The van der Waals surface area contributed by atoms with E-state index in [-0.39, 0.29) is 0 Å². The first-order chi connectivity index (χ1) is 26.8. The third-order valence-electron chi connectivity index (χ3n) is 9.65. The molecule has 0 saturated heterocycles. The lowest BCUT2D eigenvalue weighted by molar-refractivity contribution is 1.07. The topological polar surface area (TPSA) is 51.6 Å². The first-order valence-electron chi connectivity index (χ1n) is 18.1. The largest absolute Gasteiger partial charge is 0.256 e. The standard InChI is InChI=1S/C50H34N4/c1-5-14-35(15-6-1)38-24-28-41(29-25-38)48-52-49(42-30-26-39(27-31-42)36-16-7-2-8-17-36)54-50(53-48)45-23-13-22-44(47(45)40-20-11-4-12-21-40)46-33-32-43(34-51-46)37-18-9-3-10-19-37/h1-34H. The minimum atomic E-state index is 0.593. The fourth-order valence-electron chi connectivity index (χ4n) is 6.86. The number of rotatable bonds is 8. The van der Waals surface area contributed by atoms with E-state index in [9.17, 15) is 0 Å². The van der Waals surface area contributed by atoms with Crippen LogP contribution in [0.3, 0.4) is 0 Å². The van der Waals surface area contributed by atoms with Crippen LogP contribution >= 0.6 is 0 Å². The Morgan fingerprint density at radius 3 is 1.07 bits per heavy atom. The lowest BCUT2D eigenvalue weighted by Crippen LogP contribution is -2.02. The Morgan fingerprint density at radius 2 is 0.611 bits per heavy atom. The molecule has 0 spiro atoms. The van der Waals surface area contributed by atoms with Crippen molar-refractivity contribution in [1.82, 2.24) is 19.9 Å². The van der Waals surface area contributed by atoms with Crippen molar-refractivity contribution in [2.24, 2.45) is 0 Å². The van der Waals surface area contributed by atoms with Gasteiger partial charge < -0.3 is 0 Å². The van der Waals surface area contributed by atoms with E-state index in [0.29, 0.717) is 17.5 Å². The molecule has 0 fully saturated rings. The highest BCUT2D eigenvalue weighted by Gasteiger charge is 2.20. The van der Waals surface area contributed by atoms with Gasteiger partial charge in [-0.1, -0.05) is 194 Å². The van der Waals surface area contributed by atoms with Crippen LogP contribution in [0, 0.1) is 0 Å². The van der Waals surface area contributed by atoms with Crippen LogP contribution in [0.5, 0.6) is 0 Å². The van der Waals surface area contributed by atoms with Crippen LogP contribution in [0.2, 0.25) is 0 Å². The van der Waals surface area contributed by atoms with Crippen LogP contribution < -0.4 is 0 Å². The number of aromatic nitrogens is 4. The van der Waals surface area contributed by atoms with Gasteiger partial charge in [0.2, 0.25) is 0 Å². The zero-order valence-electron chi connectivity index (χ0n) is 29.4. The predicted molar refractivity (Wildman–Crippen MR) is 221 cm³/mol. The Kier molecular flexibility index (Phi) is 8.90. The summed E-state index contributed by atoms with van der Waals surface area (Å²) < 4.78 is 0. The fourth-order valence-corrected chi connectivity index (χ4v) is 6.86. The van der Waals surface area contributed by atoms with Crippen LogP contribution in [0.1, 0.15) is 0 Å². The Balaban J connectivity index is 1.20. The highest BCUT2D eigenvalue weighted by Crippen LogP contribution is 2.40. The maximum Gasteiger partial charge on any atom is 0.164 e. The van der Waals surface area contributed by atoms with Crippen LogP contribution in [0.25, 0.3) is 89.9 Å². The molecule has 9 aromatic rings. The highest BCUT2D eigenvalue weighted by atomic mass is 15.0. The maximum atomic E-state index is 5.20. The van der Waals surface area contributed by atoms with Gasteiger partial charge in [0, 0.05) is 39.6 Å². The van der Waals surface area contributed by atoms with Crippen molar-refractivity contribution in [2.45, 2.75) is 0 Å². The molecule has 0 atom stereocenters. The van der Waals surface area contributed by atoms with Crippen LogP contribution in [-0.4, -0.2) is 19.9 Å². The Morgan fingerprint density at radius 1 is 0.241 bits per heavy atom. The summed E-state index contributed by atoms with van der Waals surface area (Å²) in [6, 6.07) is 69.0. The number of nitrogens with zero attached hydrogens (tertiary/aromatic N) is 4. The monoisotopic (exact) mass is 690 g/mol. The van der Waals surface area contributed by atoms with Crippen molar-refractivity contribution in [3.05, 3.63) is 206 Å². The number of hydrogen-bond donors (Lipinski definition) is 0. The molecule has 2 heterocycles. The van der Waals surface area contributed by atoms with Gasteiger partial charge in [0.05, 0.1) is 5.69 Å². The first-order valence-corrected chi connectivity index (χ1v) is 18.1. The minimum absolute atomic E-state index is 0.593. The molecule has 0 bridgehead atoms. The maximum absolute atomic E-state index is 5.20. The van der Waals surface area contributed by atoms with Crippen molar-refractivity contribution in [3.63, 3.8) is 0 Å². The van der Waals surface area contributed by atoms with E-state index in [0.717, 1.165) is 72.5 Å². The molecule has 0 amide bonds. The average Bonchev–Trinajstić information content (AvgIpc) is 3.27. The van der Waals surface area contributed by atoms with Crippen LogP contribution in [0.15, 0.2) is 206 Å². The first kappa shape index (κ1) is 32.6. The van der Waals surface area contributed by atoms with E-state index in [4.69, 9.17) is 19.9 Å². The average molecular weight is 691 g/mol. The second kappa shape index (κ2) is 14.7. The van der Waals surface area contributed by atoms with E-state index in [1.54, 1.807) is 0 Å². The molecule has 0 aliphatic carbocycles. The summed E-state index contributed by atoms with van der Waals surface area (Å²) >= 11 is 0. The van der Waals surface area contributed by atoms with Crippen molar-refractivity contribution < 1.29 is 0 Å². The summed E-state index contributed by atoms with van der Waals surface area (Å²) in [5.41, 5.74) is 13.5. The van der Waals surface area contributed by atoms with Gasteiger partial charge in [-0.2, -0.15) is 0 Å². The van der Waals surface area contributed by atoms with Gasteiger partial charge in [0.15, 0.2) is 17.5 Å². The highest BCUT2D eigenvalue weighted by molar-refractivity contribution is 5.93. The van der Waals surface area contributed by atoms with Crippen molar-refractivity contribution in [3.8, 4) is 89.9 Å². The molecule has 4 heteroatoms. The van der Waals surface area contributed by atoms with Gasteiger partial charge >= 0.3 is 0 Å². The second-order valence-corrected chi connectivity index (χ2v) is 13.1. The van der Waals surface area contributed by atoms with Crippen LogP contribution in [0.4, 0.5) is 0 Å². The Hall–Kier alpha value is -7.30. The molecule has 9 rings (SSSR count). The summed E-state index contributed by atoms with van der Waals surface area (Å²) in [7, 11) is 0. The van der Waals surface area contributed by atoms with E-state index in [1.807, 2.05) is 42.6 Å². The molecular weight excluding hydrogens is 657 g/mol. The van der Waals surface area contributed by atoms with Gasteiger partial charge in [-0.3, -0.25) is 4.98 Å². The summed E-state index contributed by atoms with van der Waals surface area (Å²) in [4.78, 5) is 20.5. The van der Waals surface area contributed by atoms with E-state index >= 15 is 0 Å². The van der Waals surface area contributed by atoms with E-state index in [2.05, 4.69) is 164 Å². The number of pyridine rings is 1. The Bertz CT molecular complexity index is 2540. The zero-order chi connectivity index (χ0) is 36.1. The molecule has 0 unspecified atom stereocenters. The third kappa shape index (κ3) is 6.72. The molecule has 54 heavy (non-hydrogen) atoms.